The molecule has 8 rings (SSSR count). The van der Waals surface area contributed by atoms with Gasteiger partial charge in [0.05, 0.1) is 26.5 Å². The standard InChI is InChI=1S/C22H20ClN3O4S2.C22H19N3O4S2/c1-31(27,28)21-4-2-3-5-22(21)32(29,30)26-17-11-13-20-18(14-17)19(24-25-20)12-8-15-6-9-16(23)10-7-15;1-30(26,27)21-9-5-6-10-22(21)31(28,29)25-17-12-14-20-18(15-17)19(23-24-20)13-11-16-7-3-2-4-8-16/h2-7,9-11,13-14,26H,8,12H2,1H3,(H,24,25);2-15,25H,1H3,(H,23,24)/b;13-11+. The van der Waals surface area contributed by atoms with E-state index in [-0.39, 0.29) is 19.6 Å². The number of halogens is 1. The lowest BCUT2D eigenvalue weighted by molar-refractivity contribution is 0.588. The van der Waals surface area contributed by atoms with Crippen LogP contribution < -0.4 is 9.44 Å². The summed E-state index contributed by atoms with van der Waals surface area (Å²) in [6, 6.07) is 38.3. The Morgan fingerprint density at radius 2 is 1.06 bits per heavy atom. The fourth-order valence-corrected chi connectivity index (χ4v) is 12.1. The highest BCUT2D eigenvalue weighted by Gasteiger charge is 2.25. The number of aromatic nitrogens is 4. The van der Waals surface area contributed by atoms with E-state index in [1.54, 1.807) is 36.4 Å². The molecule has 4 N–H and O–H groups in total. The summed E-state index contributed by atoms with van der Waals surface area (Å²) in [5.41, 5.74) is 5.70. The van der Waals surface area contributed by atoms with Crippen LogP contribution in [0.3, 0.4) is 0 Å². The molecule has 0 saturated heterocycles. The highest BCUT2D eigenvalue weighted by atomic mass is 35.5. The third kappa shape index (κ3) is 10.8. The molecule has 0 atom stereocenters. The van der Waals surface area contributed by atoms with E-state index in [9.17, 15) is 33.7 Å². The first-order chi connectivity index (χ1) is 29.9. The SMILES string of the molecule is CS(=O)(=O)c1ccccc1S(=O)(=O)Nc1ccc2[nH]nc(/C=C/c3ccccc3)c2c1.CS(=O)(=O)c1ccccc1S(=O)(=O)Nc1ccc2n[nH]c(CCc3ccc(Cl)cc3)c2c1. The van der Waals surface area contributed by atoms with Gasteiger partial charge in [-0.25, -0.2) is 33.7 Å². The number of fused-ring (bicyclic) bond motifs is 2. The molecular formula is C44H39ClN6O8S4. The molecule has 0 bridgehead atoms. The summed E-state index contributed by atoms with van der Waals surface area (Å²) in [6.45, 7) is 0. The minimum atomic E-state index is -4.12. The number of rotatable bonds is 13. The molecule has 0 fully saturated rings. The average Bonchev–Trinajstić information content (AvgIpc) is 3.85. The van der Waals surface area contributed by atoms with Crippen LogP contribution >= 0.6 is 11.6 Å². The lowest BCUT2D eigenvalue weighted by Gasteiger charge is -2.11. The van der Waals surface area contributed by atoms with Crippen molar-refractivity contribution in [2.75, 3.05) is 22.0 Å². The van der Waals surface area contributed by atoms with Crippen molar-refractivity contribution in [3.8, 4) is 0 Å². The minimum Gasteiger partial charge on any atom is -0.281 e. The van der Waals surface area contributed by atoms with E-state index in [1.807, 2.05) is 66.7 Å². The predicted molar refractivity (Wildman–Crippen MR) is 247 cm³/mol. The average molecular weight is 944 g/mol. The lowest BCUT2D eigenvalue weighted by Crippen LogP contribution is -2.16. The molecule has 0 spiro atoms. The van der Waals surface area contributed by atoms with Gasteiger partial charge in [0.25, 0.3) is 20.0 Å². The van der Waals surface area contributed by atoms with E-state index in [1.165, 1.54) is 48.5 Å². The number of hydrogen-bond donors (Lipinski definition) is 4. The number of nitrogens with zero attached hydrogens (tertiary/aromatic N) is 2. The fourth-order valence-electron chi connectivity index (χ4n) is 6.58. The van der Waals surface area contributed by atoms with E-state index in [2.05, 4.69) is 29.8 Å². The van der Waals surface area contributed by atoms with Crippen molar-refractivity contribution in [1.29, 1.82) is 0 Å². The summed E-state index contributed by atoms with van der Waals surface area (Å²) in [4.78, 5) is -1.09. The van der Waals surface area contributed by atoms with Crippen molar-refractivity contribution < 1.29 is 33.7 Å². The molecule has 2 aromatic heterocycles. The number of aromatic amines is 2. The molecule has 2 heterocycles. The smallest absolute Gasteiger partial charge is 0.263 e. The van der Waals surface area contributed by atoms with Crippen LogP contribution in [-0.4, -0.2) is 66.6 Å². The highest BCUT2D eigenvalue weighted by Crippen LogP contribution is 2.29. The normalized spacial score (nSPS) is 12.3. The van der Waals surface area contributed by atoms with Gasteiger partial charge in [0.15, 0.2) is 19.7 Å². The maximum absolute atomic E-state index is 13.0. The molecule has 0 amide bonds. The molecular weight excluding hydrogens is 904 g/mol. The first-order valence-electron chi connectivity index (χ1n) is 18.9. The largest absolute Gasteiger partial charge is 0.281 e. The van der Waals surface area contributed by atoms with Gasteiger partial charge in [0.2, 0.25) is 0 Å². The van der Waals surface area contributed by atoms with Gasteiger partial charge in [-0.05, 0) is 103 Å². The second-order valence-electron chi connectivity index (χ2n) is 14.3. The maximum atomic E-state index is 13.0. The van der Waals surface area contributed by atoms with Gasteiger partial charge in [-0.1, -0.05) is 84.4 Å². The molecule has 14 nitrogen and oxygen atoms in total. The van der Waals surface area contributed by atoms with Gasteiger partial charge >= 0.3 is 0 Å². The molecule has 0 unspecified atom stereocenters. The van der Waals surface area contributed by atoms with E-state index >= 15 is 0 Å². The van der Waals surface area contributed by atoms with Gasteiger partial charge < -0.3 is 0 Å². The minimum absolute atomic E-state index is 0.249. The number of aryl methyl sites for hydroxylation is 2. The molecule has 324 valence electrons. The Kier molecular flexibility index (Phi) is 12.9. The number of sulfone groups is 2. The van der Waals surface area contributed by atoms with Gasteiger partial charge in [-0.15, -0.1) is 0 Å². The number of sulfonamides is 2. The van der Waals surface area contributed by atoms with Crippen LogP contribution in [0.25, 0.3) is 34.0 Å². The zero-order valence-electron chi connectivity index (χ0n) is 33.5. The van der Waals surface area contributed by atoms with Crippen molar-refractivity contribution in [3.05, 3.63) is 167 Å². The van der Waals surface area contributed by atoms with E-state index < -0.39 is 39.7 Å². The molecule has 0 aliphatic carbocycles. The Bertz CT molecular complexity index is 3450. The Hall–Kier alpha value is -6.31. The molecule has 0 aliphatic heterocycles. The third-order valence-electron chi connectivity index (χ3n) is 9.62. The molecule has 0 saturated carbocycles. The number of anilines is 2. The first-order valence-corrected chi connectivity index (χ1v) is 26.1. The quantitative estimate of drug-likeness (QED) is 0.0870. The zero-order chi connectivity index (χ0) is 45.0. The van der Waals surface area contributed by atoms with Crippen LogP contribution in [0.1, 0.15) is 22.5 Å². The van der Waals surface area contributed by atoms with Crippen LogP contribution in [-0.2, 0) is 52.6 Å². The summed E-state index contributed by atoms with van der Waals surface area (Å²) in [5.74, 6) is 0. The second kappa shape index (κ2) is 18.2. The van der Waals surface area contributed by atoms with Crippen molar-refractivity contribution in [2.45, 2.75) is 32.4 Å². The van der Waals surface area contributed by atoms with Crippen LogP contribution in [0.15, 0.2) is 159 Å². The fraction of sp³-hybridized carbons (Fsp3) is 0.0909. The highest BCUT2D eigenvalue weighted by molar-refractivity contribution is 7.95. The summed E-state index contributed by atoms with van der Waals surface area (Å²) in [5, 5.41) is 16.7. The monoisotopic (exact) mass is 942 g/mol. The molecule has 6 aromatic carbocycles. The number of H-pyrrole nitrogens is 2. The molecule has 0 radical (unpaired) electrons. The summed E-state index contributed by atoms with van der Waals surface area (Å²) < 4.78 is 105. The first kappa shape index (κ1) is 44.7. The molecule has 8 aromatic rings. The van der Waals surface area contributed by atoms with Crippen molar-refractivity contribution in [3.63, 3.8) is 0 Å². The summed E-state index contributed by atoms with van der Waals surface area (Å²) in [6.07, 6.45) is 7.13. The van der Waals surface area contributed by atoms with E-state index in [4.69, 9.17) is 11.6 Å². The number of nitrogens with one attached hydrogen (secondary N) is 4. The Morgan fingerprint density at radius 1 is 0.540 bits per heavy atom. The van der Waals surface area contributed by atoms with Gasteiger partial charge in [0, 0.05) is 45.4 Å². The topological polar surface area (TPSA) is 218 Å². The maximum Gasteiger partial charge on any atom is 0.263 e. The van der Waals surface area contributed by atoms with Crippen LogP contribution in [0.5, 0.6) is 0 Å². The lowest BCUT2D eigenvalue weighted by atomic mass is 10.1. The van der Waals surface area contributed by atoms with Crippen LogP contribution in [0.4, 0.5) is 11.4 Å². The van der Waals surface area contributed by atoms with Crippen LogP contribution in [0.2, 0.25) is 5.02 Å². The summed E-state index contributed by atoms with van der Waals surface area (Å²) >= 11 is 5.93. The number of benzene rings is 6. The Balaban J connectivity index is 0.000000189. The Morgan fingerprint density at radius 3 is 1.63 bits per heavy atom. The second-order valence-corrected chi connectivity index (χ2v) is 22.0. The van der Waals surface area contributed by atoms with Gasteiger partial charge in [-0.2, -0.15) is 10.2 Å². The van der Waals surface area contributed by atoms with Gasteiger partial charge in [0.1, 0.15) is 9.79 Å². The van der Waals surface area contributed by atoms with E-state index in [0.29, 0.717) is 34.0 Å². The molecule has 63 heavy (non-hydrogen) atoms. The summed E-state index contributed by atoms with van der Waals surface area (Å²) in [7, 11) is -15.7. The van der Waals surface area contributed by atoms with Crippen molar-refractivity contribution in [2.24, 2.45) is 0 Å². The van der Waals surface area contributed by atoms with Crippen molar-refractivity contribution >= 4 is 96.7 Å². The Labute approximate surface area is 370 Å². The predicted octanol–water partition coefficient (Wildman–Crippen LogP) is 8.14. The van der Waals surface area contributed by atoms with E-state index in [0.717, 1.165) is 52.0 Å². The zero-order valence-corrected chi connectivity index (χ0v) is 37.5. The molecule has 19 heteroatoms. The van der Waals surface area contributed by atoms with Crippen LogP contribution in [0, 0.1) is 0 Å². The van der Waals surface area contributed by atoms with Gasteiger partial charge in [-0.3, -0.25) is 19.6 Å². The van der Waals surface area contributed by atoms with Crippen molar-refractivity contribution in [1.82, 2.24) is 20.4 Å². The third-order valence-corrected chi connectivity index (χ3v) is 15.3. The molecule has 0 aliphatic rings. The number of hydrogen-bond acceptors (Lipinski definition) is 10.